The van der Waals surface area contributed by atoms with Crippen LogP contribution in [0.4, 0.5) is 0 Å². The molecule has 3 aromatic rings. The van der Waals surface area contributed by atoms with E-state index in [-0.39, 0.29) is 23.8 Å². The number of aromatic nitrogens is 2. The summed E-state index contributed by atoms with van der Waals surface area (Å²) < 4.78 is 1.96. The third kappa shape index (κ3) is 5.56. The molecule has 1 aliphatic rings. The number of benzene rings is 2. The predicted octanol–water partition coefficient (Wildman–Crippen LogP) is 4.46. The van der Waals surface area contributed by atoms with Gasteiger partial charge in [0.1, 0.15) is 0 Å². The molecular formula is C28H34N4O2. The van der Waals surface area contributed by atoms with Crippen molar-refractivity contribution >= 4 is 11.8 Å². The van der Waals surface area contributed by atoms with E-state index in [1.807, 2.05) is 78.0 Å². The summed E-state index contributed by atoms with van der Waals surface area (Å²) in [5.74, 6) is 0.0309. The van der Waals surface area contributed by atoms with Crippen LogP contribution < -0.4 is 5.32 Å². The molecule has 1 unspecified atom stereocenters. The van der Waals surface area contributed by atoms with Crippen LogP contribution in [0.3, 0.4) is 0 Å². The van der Waals surface area contributed by atoms with Crippen molar-refractivity contribution in [3.8, 4) is 0 Å². The summed E-state index contributed by atoms with van der Waals surface area (Å²) in [6, 6.07) is 19.9. The van der Waals surface area contributed by atoms with Crippen LogP contribution in [-0.2, 0) is 11.3 Å². The van der Waals surface area contributed by atoms with Crippen LogP contribution in [0.5, 0.6) is 0 Å². The first-order valence-corrected chi connectivity index (χ1v) is 12.2. The first-order valence-electron chi connectivity index (χ1n) is 12.2. The van der Waals surface area contributed by atoms with Crippen LogP contribution in [0.25, 0.3) is 0 Å². The van der Waals surface area contributed by atoms with Crippen LogP contribution in [0, 0.1) is 13.8 Å². The lowest BCUT2D eigenvalue weighted by Gasteiger charge is -2.34. The molecule has 1 atom stereocenters. The maximum absolute atomic E-state index is 13.1. The van der Waals surface area contributed by atoms with E-state index >= 15 is 0 Å². The zero-order valence-electron chi connectivity index (χ0n) is 20.3. The predicted molar refractivity (Wildman–Crippen MR) is 134 cm³/mol. The molecule has 2 aromatic carbocycles. The van der Waals surface area contributed by atoms with E-state index in [0.717, 1.165) is 41.8 Å². The molecule has 2 amide bonds. The summed E-state index contributed by atoms with van der Waals surface area (Å²) in [5, 5.41) is 7.69. The lowest BCUT2D eigenvalue weighted by Crippen LogP contribution is -2.47. The van der Waals surface area contributed by atoms with Crippen molar-refractivity contribution < 1.29 is 9.59 Å². The fourth-order valence-corrected chi connectivity index (χ4v) is 4.79. The monoisotopic (exact) mass is 458 g/mol. The van der Waals surface area contributed by atoms with Gasteiger partial charge >= 0.3 is 0 Å². The van der Waals surface area contributed by atoms with Crippen molar-refractivity contribution in [1.82, 2.24) is 20.0 Å². The Bertz CT molecular complexity index is 1130. The van der Waals surface area contributed by atoms with Crippen molar-refractivity contribution in [2.45, 2.75) is 58.5 Å². The Kier molecular flexibility index (Phi) is 7.46. The summed E-state index contributed by atoms with van der Waals surface area (Å²) in [5.41, 5.74) is 4.88. The van der Waals surface area contributed by atoms with E-state index in [2.05, 4.69) is 23.4 Å². The lowest BCUT2D eigenvalue weighted by molar-refractivity contribution is -0.134. The number of carbonyl (C=O) groups excluding carboxylic acids is 2. The Morgan fingerprint density at radius 2 is 1.76 bits per heavy atom. The molecule has 0 aliphatic carbocycles. The van der Waals surface area contributed by atoms with E-state index in [0.29, 0.717) is 25.2 Å². The van der Waals surface area contributed by atoms with Crippen molar-refractivity contribution in [3.63, 3.8) is 0 Å². The maximum Gasteiger partial charge on any atom is 0.251 e. The normalized spacial score (nSPS) is 15.2. The Morgan fingerprint density at radius 1 is 1.03 bits per heavy atom. The number of hydrogen-bond donors (Lipinski definition) is 1. The minimum Gasteiger partial charge on any atom is -0.349 e. The van der Waals surface area contributed by atoms with Gasteiger partial charge < -0.3 is 10.2 Å². The maximum atomic E-state index is 13.1. The SMILES string of the molecule is CCC(C(=O)N1CCC(NC(=O)c2cccc(Cn3nc(C)cc3C)c2)CC1)c1ccccc1. The Hall–Kier alpha value is -3.41. The fourth-order valence-electron chi connectivity index (χ4n) is 4.79. The van der Waals surface area contributed by atoms with Gasteiger partial charge in [-0.25, -0.2) is 0 Å². The topological polar surface area (TPSA) is 67.2 Å². The number of hydrogen-bond acceptors (Lipinski definition) is 3. The molecule has 6 heteroatoms. The number of carbonyl (C=O) groups is 2. The van der Waals surface area contributed by atoms with E-state index in [1.54, 1.807) is 0 Å². The van der Waals surface area contributed by atoms with Gasteiger partial charge in [-0.15, -0.1) is 0 Å². The Morgan fingerprint density at radius 3 is 2.41 bits per heavy atom. The molecule has 0 radical (unpaired) electrons. The molecule has 1 fully saturated rings. The molecule has 2 heterocycles. The van der Waals surface area contributed by atoms with Gasteiger partial charge in [-0.3, -0.25) is 14.3 Å². The first kappa shape index (κ1) is 23.7. The second-order valence-electron chi connectivity index (χ2n) is 9.23. The molecule has 4 rings (SSSR count). The zero-order chi connectivity index (χ0) is 24.1. The summed E-state index contributed by atoms with van der Waals surface area (Å²) in [7, 11) is 0. The summed E-state index contributed by atoms with van der Waals surface area (Å²) in [6.45, 7) is 8.06. The molecular weight excluding hydrogens is 424 g/mol. The van der Waals surface area contributed by atoms with Crippen LogP contribution >= 0.6 is 0 Å². The van der Waals surface area contributed by atoms with Crippen molar-refractivity contribution in [3.05, 3.63) is 88.7 Å². The van der Waals surface area contributed by atoms with E-state index in [9.17, 15) is 9.59 Å². The highest BCUT2D eigenvalue weighted by atomic mass is 16.2. The Balaban J connectivity index is 1.32. The molecule has 178 valence electrons. The molecule has 34 heavy (non-hydrogen) atoms. The molecule has 1 aromatic heterocycles. The van der Waals surface area contributed by atoms with Gasteiger partial charge in [0.15, 0.2) is 0 Å². The second-order valence-corrected chi connectivity index (χ2v) is 9.23. The van der Waals surface area contributed by atoms with Gasteiger partial charge in [0.2, 0.25) is 5.91 Å². The minimum absolute atomic E-state index is 0.0595. The van der Waals surface area contributed by atoms with Crippen molar-refractivity contribution in [1.29, 1.82) is 0 Å². The molecule has 0 spiro atoms. The Labute approximate surface area is 202 Å². The van der Waals surface area contributed by atoms with Gasteiger partial charge in [0.25, 0.3) is 5.91 Å². The number of nitrogens with one attached hydrogen (secondary N) is 1. The van der Waals surface area contributed by atoms with Crippen LogP contribution in [-0.4, -0.2) is 45.6 Å². The smallest absolute Gasteiger partial charge is 0.251 e. The summed E-state index contributed by atoms with van der Waals surface area (Å²) in [6.07, 6.45) is 2.33. The minimum atomic E-state index is -0.0997. The number of likely N-dealkylation sites (tertiary alicyclic amines) is 1. The summed E-state index contributed by atoms with van der Waals surface area (Å²) in [4.78, 5) is 28.0. The second kappa shape index (κ2) is 10.7. The highest BCUT2D eigenvalue weighted by Gasteiger charge is 2.29. The quantitative estimate of drug-likeness (QED) is 0.568. The third-order valence-electron chi connectivity index (χ3n) is 6.68. The average molecular weight is 459 g/mol. The molecule has 0 bridgehead atoms. The first-order chi connectivity index (χ1) is 16.4. The van der Waals surface area contributed by atoms with Gasteiger partial charge in [0.05, 0.1) is 18.2 Å². The third-order valence-corrected chi connectivity index (χ3v) is 6.68. The molecule has 0 saturated carbocycles. The largest absolute Gasteiger partial charge is 0.349 e. The lowest BCUT2D eigenvalue weighted by atomic mass is 9.93. The van der Waals surface area contributed by atoms with Crippen LogP contribution in [0.2, 0.25) is 0 Å². The van der Waals surface area contributed by atoms with Gasteiger partial charge in [0, 0.05) is 30.4 Å². The zero-order valence-corrected chi connectivity index (χ0v) is 20.3. The number of amides is 2. The molecule has 1 N–H and O–H groups in total. The van der Waals surface area contributed by atoms with Gasteiger partial charge in [-0.1, -0.05) is 49.4 Å². The highest BCUT2D eigenvalue weighted by molar-refractivity contribution is 5.94. The van der Waals surface area contributed by atoms with E-state index < -0.39 is 0 Å². The summed E-state index contributed by atoms with van der Waals surface area (Å²) >= 11 is 0. The van der Waals surface area contributed by atoms with Crippen LogP contribution in [0.15, 0.2) is 60.7 Å². The molecule has 1 aliphatic heterocycles. The standard InChI is InChI=1S/C28H34N4O2/c1-4-26(23-10-6-5-7-11-23)28(34)31-15-13-25(14-16-31)29-27(33)24-12-8-9-22(18-24)19-32-21(3)17-20(2)30-32/h5-12,17-18,25-26H,4,13-16,19H2,1-3H3,(H,29,33). The van der Waals surface area contributed by atoms with Crippen LogP contribution in [0.1, 0.15) is 65.0 Å². The number of nitrogens with zero attached hydrogens (tertiary/aromatic N) is 3. The number of rotatable bonds is 7. The van der Waals surface area contributed by atoms with E-state index in [1.165, 1.54) is 0 Å². The van der Waals surface area contributed by atoms with Gasteiger partial charge in [-0.2, -0.15) is 5.10 Å². The van der Waals surface area contributed by atoms with Gasteiger partial charge in [-0.05, 0) is 62.4 Å². The fraction of sp³-hybridized carbons (Fsp3) is 0.393. The highest BCUT2D eigenvalue weighted by Crippen LogP contribution is 2.24. The van der Waals surface area contributed by atoms with Crippen molar-refractivity contribution in [2.24, 2.45) is 0 Å². The molecule has 6 nitrogen and oxygen atoms in total. The average Bonchev–Trinajstić information content (AvgIpc) is 3.17. The molecule has 1 saturated heterocycles. The number of piperidine rings is 1. The van der Waals surface area contributed by atoms with Crippen molar-refractivity contribution in [2.75, 3.05) is 13.1 Å². The van der Waals surface area contributed by atoms with E-state index in [4.69, 9.17) is 0 Å². The number of aryl methyl sites for hydroxylation is 2.